The number of aryl methyl sites for hydroxylation is 1. The van der Waals surface area contributed by atoms with Gasteiger partial charge >= 0.3 is 0 Å². The number of rotatable bonds is 5. The first kappa shape index (κ1) is 13.6. The molecule has 1 N–H and O–H groups in total. The third-order valence-corrected chi connectivity index (χ3v) is 3.35. The number of para-hydroxylation sites is 1. The lowest BCUT2D eigenvalue weighted by molar-refractivity contribution is 0.174. The summed E-state index contributed by atoms with van der Waals surface area (Å²) in [4.78, 5) is 0. The molecule has 100 valence electrons. The van der Waals surface area contributed by atoms with Crippen LogP contribution in [0.5, 0.6) is 5.75 Å². The van der Waals surface area contributed by atoms with Gasteiger partial charge in [-0.15, -0.1) is 0 Å². The lowest BCUT2D eigenvalue weighted by Crippen LogP contribution is -2.31. The summed E-state index contributed by atoms with van der Waals surface area (Å²) in [5, 5.41) is 3.33. The summed E-state index contributed by atoms with van der Waals surface area (Å²) in [7, 11) is 1.97. The number of likely N-dealkylation sites (N-methyl/N-ethyl adjacent to an activating group) is 1. The Labute approximate surface area is 115 Å². The lowest BCUT2D eigenvalue weighted by Gasteiger charge is -2.25. The molecule has 2 aromatic rings. The van der Waals surface area contributed by atoms with Crippen molar-refractivity contribution in [3.8, 4) is 5.75 Å². The van der Waals surface area contributed by atoms with Crippen LogP contribution in [0.2, 0.25) is 0 Å². The average molecular weight is 255 g/mol. The Balaban J connectivity index is 2.14. The molecule has 2 heteroatoms. The Morgan fingerprint density at radius 2 is 1.58 bits per heavy atom. The highest BCUT2D eigenvalue weighted by atomic mass is 16.5. The lowest BCUT2D eigenvalue weighted by atomic mass is 10.0. The summed E-state index contributed by atoms with van der Waals surface area (Å²) in [5.74, 6) is 0.950. The van der Waals surface area contributed by atoms with Crippen molar-refractivity contribution in [3.05, 3.63) is 65.7 Å². The van der Waals surface area contributed by atoms with Crippen LogP contribution in [-0.2, 0) is 0 Å². The Kier molecular flexibility index (Phi) is 4.58. The minimum atomic E-state index is 0.0634. The fourth-order valence-corrected chi connectivity index (χ4v) is 2.29. The van der Waals surface area contributed by atoms with Crippen LogP contribution in [0.25, 0.3) is 0 Å². The highest BCUT2D eigenvalue weighted by Gasteiger charge is 2.19. The highest BCUT2D eigenvalue weighted by Crippen LogP contribution is 2.23. The van der Waals surface area contributed by atoms with Crippen molar-refractivity contribution in [2.45, 2.75) is 26.0 Å². The number of ether oxygens (including phenoxy) is 1. The maximum atomic E-state index is 6.09. The van der Waals surface area contributed by atoms with Gasteiger partial charge in [-0.1, -0.05) is 48.5 Å². The number of nitrogens with one attached hydrogen (secondary N) is 1. The fraction of sp³-hybridized carbons (Fsp3) is 0.294. The van der Waals surface area contributed by atoms with E-state index in [1.807, 2.05) is 31.3 Å². The normalized spacial score (nSPS) is 13.8. The summed E-state index contributed by atoms with van der Waals surface area (Å²) in [6.45, 7) is 4.17. The number of hydrogen-bond acceptors (Lipinski definition) is 2. The average Bonchev–Trinajstić information content (AvgIpc) is 2.43. The Hall–Kier alpha value is -1.80. The van der Waals surface area contributed by atoms with Gasteiger partial charge in [0.25, 0.3) is 0 Å². The zero-order chi connectivity index (χ0) is 13.7. The van der Waals surface area contributed by atoms with Gasteiger partial charge in [0.2, 0.25) is 0 Å². The molecule has 0 aliphatic carbocycles. The van der Waals surface area contributed by atoms with Crippen molar-refractivity contribution < 1.29 is 4.74 Å². The standard InChI is InChI=1S/C17H21NO/c1-13-9-7-8-12-16(13)19-14(2)17(18-3)15-10-5-4-6-11-15/h4-12,14,17-18H,1-3H3. The van der Waals surface area contributed by atoms with Crippen molar-refractivity contribution in [1.82, 2.24) is 5.32 Å². The zero-order valence-electron chi connectivity index (χ0n) is 11.8. The third kappa shape index (κ3) is 3.36. The van der Waals surface area contributed by atoms with Gasteiger partial charge in [0.05, 0.1) is 6.04 Å². The predicted molar refractivity (Wildman–Crippen MR) is 79.5 cm³/mol. The Bertz CT molecular complexity index is 510. The maximum Gasteiger partial charge on any atom is 0.122 e. The van der Waals surface area contributed by atoms with Crippen molar-refractivity contribution in [1.29, 1.82) is 0 Å². The largest absolute Gasteiger partial charge is 0.488 e. The van der Waals surface area contributed by atoms with E-state index >= 15 is 0 Å². The number of benzene rings is 2. The Morgan fingerprint density at radius 3 is 2.21 bits per heavy atom. The fourth-order valence-electron chi connectivity index (χ4n) is 2.29. The highest BCUT2D eigenvalue weighted by molar-refractivity contribution is 5.32. The molecule has 0 heterocycles. The topological polar surface area (TPSA) is 21.3 Å². The second kappa shape index (κ2) is 6.39. The molecule has 0 aromatic heterocycles. The molecule has 2 unspecified atom stereocenters. The van der Waals surface area contributed by atoms with E-state index in [2.05, 4.69) is 49.5 Å². The summed E-state index contributed by atoms with van der Waals surface area (Å²) in [5.41, 5.74) is 2.41. The molecule has 0 spiro atoms. The second-order valence-corrected chi connectivity index (χ2v) is 4.77. The molecule has 2 aromatic carbocycles. The molecule has 0 aliphatic heterocycles. The molecule has 0 radical (unpaired) electrons. The molecule has 0 bridgehead atoms. The molecule has 0 saturated heterocycles. The predicted octanol–water partition coefficient (Wildman–Crippen LogP) is 3.72. The molecule has 2 nitrogen and oxygen atoms in total. The maximum absolute atomic E-state index is 6.09. The first-order valence-electron chi connectivity index (χ1n) is 6.67. The first-order chi connectivity index (χ1) is 9.22. The van der Waals surface area contributed by atoms with Crippen molar-refractivity contribution in [2.75, 3.05) is 7.05 Å². The minimum absolute atomic E-state index is 0.0634. The van der Waals surface area contributed by atoms with Crippen LogP contribution in [0.1, 0.15) is 24.1 Å². The molecular weight excluding hydrogens is 234 g/mol. The molecule has 0 aliphatic rings. The first-order valence-corrected chi connectivity index (χ1v) is 6.67. The van der Waals surface area contributed by atoms with E-state index in [1.54, 1.807) is 0 Å². The SMILES string of the molecule is CNC(c1ccccc1)C(C)Oc1ccccc1C. The quantitative estimate of drug-likeness (QED) is 0.879. The Morgan fingerprint density at radius 1 is 0.947 bits per heavy atom. The van der Waals surface area contributed by atoms with Crippen LogP contribution in [0, 0.1) is 6.92 Å². The summed E-state index contributed by atoms with van der Waals surface area (Å²) in [6.07, 6.45) is 0.0634. The van der Waals surface area contributed by atoms with Gasteiger partial charge in [-0.05, 0) is 38.1 Å². The van der Waals surface area contributed by atoms with E-state index < -0.39 is 0 Å². The minimum Gasteiger partial charge on any atom is -0.488 e. The van der Waals surface area contributed by atoms with Gasteiger partial charge in [0.1, 0.15) is 11.9 Å². The van der Waals surface area contributed by atoms with Crippen LogP contribution in [0.3, 0.4) is 0 Å². The monoisotopic (exact) mass is 255 g/mol. The third-order valence-electron chi connectivity index (χ3n) is 3.35. The van der Waals surface area contributed by atoms with E-state index in [-0.39, 0.29) is 12.1 Å². The van der Waals surface area contributed by atoms with Crippen molar-refractivity contribution >= 4 is 0 Å². The zero-order valence-corrected chi connectivity index (χ0v) is 11.8. The van der Waals surface area contributed by atoms with Crippen LogP contribution in [0.4, 0.5) is 0 Å². The van der Waals surface area contributed by atoms with E-state index in [9.17, 15) is 0 Å². The molecule has 2 rings (SSSR count). The summed E-state index contributed by atoms with van der Waals surface area (Å²) >= 11 is 0. The summed E-state index contributed by atoms with van der Waals surface area (Å²) in [6, 6.07) is 18.7. The molecule has 0 saturated carbocycles. The van der Waals surface area contributed by atoms with Gasteiger partial charge in [0, 0.05) is 0 Å². The van der Waals surface area contributed by atoms with Crippen LogP contribution in [-0.4, -0.2) is 13.2 Å². The van der Waals surface area contributed by atoms with Gasteiger partial charge in [-0.3, -0.25) is 0 Å². The van der Waals surface area contributed by atoms with E-state index in [0.717, 1.165) is 11.3 Å². The van der Waals surface area contributed by atoms with Crippen LogP contribution < -0.4 is 10.1 Å². The van der Waals surface area contributed by atoms with Crippen molar-refractivity contribution in [2.24, 2.45) is 0 Å². The van der Waals surface area contributed by atoms with E-state index in [1.165, 1.54) is 5.56 Å². The molecule has 19 heavy (non-hydrogen) atoms. The second-order valence-electron chi connectivity index (χ2n) is 4.77. The molecular formula is C17H21NO. The van der Waals surface area contributed by atoms with Crippen LogP contribution in [0.15, 0.2) is 54.6 Å². The van der Waals surface area contributed by atoms with Crippen molar-refractivity contribution in [3.63, 3.8) is 0 Å². The van der Waals surface area contributed by atoms with E-state index in [4.69, 9.17) is 4.74 Å². The van der Waals surface area contributed by atoms with Gasteiger partial charge in [0.15, 0.2) is 0 Å². The smallest absolute Gasteiger partial charge is 0.122 e. The van der Waals surface area contributed by atoms with E-state index in [0.29, 0.717) is 0 Å². The molecule has 2 atom stereocenters. The molecule has 0 fully saturated rings. The molecule has 0 amide bonds. The van der Waals surface area contributed by atoms with Crippen LogP contribution >= 0.6 is 0 Å². The van der Waals surface area contributed by atoms with Gasteiger partial charge in [-0.25, -0.2) is 0 Å². The van der Waals surface area contributed by atoms with Gasteiger partial charge in [-0.2, -0.15) is 0 Å². The van der Waals surface area contributed by atoms with Gasteiger partial charge < -0.3 is 10.1 Å². The summed E-state index contributed by atoms with van der Waals surface area (Å²) < 4.78 is 6.09. The number of hydrogen-bond donors (Lipinski definition) is 1.